The van der Waals surface area contributed by atoms with Gasteiger partial charge in [-0.1, -0.05) is 30.3 Å². The van der Waals surface area contributed by atoms with Crippen molar-refractivity contribution in [2.45, 2.75) is 12.8 Å². The summed E-state index contributed by atoms with van der Waals surface area (Å²) in [6.45, 7) is 4.39. The summed E-state index contributed by atoms with van der Waals surface area (Å²) in [5, 5.41) is 0. The van der Waals surface area contributed by atoms with Crippen LogP contribution in [0.4, 0.5) is 0 Å². The lowest BCUT2D eigenvalue weighted by molar-refractivity contribution is 0.294. The fourth-order valence-corrected chi connectivity index (χ4v) is 4.17. The number of hydrogen-bond donors (Lipinski definition) is 1. The first-order valence-electron chi connectivity index (χ1n) is 7.56. The van der Waals surface area contributed by atoms with Gasteiger partial charge in [-0.3, -0.25) is 0 Å². The second kappa shape index (κ2) is 7.89. The number of hydrogen-bond acceptors (Lipinski definition) is 4. The molecule has 0 aliphatic carbocycles. The molecule has 6 heteroatoms. The van der Waals surface area contributed by atoms with E-state index in [0.29, 0.717) is 26.1 Å². The highest BCUT2D eigenvalue weighted by molar-refractivity contribution is 7.89. The van der Waals surface area contributed by atoms with Crippen molar-refractivity contribution in [3.8, 4) is 0 Å². The van der Waals surface area contributed by atoms with Crippen LogP contribution in [0, 0.1) is 0 Å². The van der Waals surface area contributed by atoms with Crippen LogP contribution in [-0.2, 0) is 16.4 Å². The van der Waals surface area contributed by atoms with Gasteiger partial charge in [-0.2, -0.15) is 0 Å². The van der Waals surface area contributed by atoms with Crippen LogP contribution in [0.15, 0.2) is 30.3 Å². The number of nitrogens with two attached hydrogens (primary N) is 1. The highest BCUT2D eigenvalue weighted by atomic mass is 32.2. The summed E-state index contributed by atoms with van der Waals surface area (Å²) >= 11 is 0. The minimum Gasteiger partial charge on any atom is -0.329 e. The monoisotopic (exact) mass is 311 g/mol. The molecule has 1 aromatic carbocycles. The number of sulfonamides is 1. The molecule has 118 valence electrons. The summed E-state index contributed by atoms with van der Waals surface area (Å²) in [7, 11) is -3.17. The Morgan fingerprint density at radius 1 is 1.05 bits per heavy atom. The Morgan fingerprint density at radius 2 is 1.81 bits per heavy atom. The van der Waals surface area contributed by atoms with Crippen LogP contribution in [0.25, 0.3) is 0 Å². The Kier molecular flexibility index (Phi) is 6.17. The Labute approximate surface area is 127 Å². The van der Waals surface area contributed by atoms with Gasteiger partial charge in [0.1, 0.15) is 0 Å². The SMILES string of the molecule is NCCN1CCCN(S(=O)(=O)CCc2ccccc2)CC1. The molecule has 5 nitrogen and oxygen atoms in total. The molecule has 0 spiro atoms. The quantitative estimate of drug-likeness (QED) is 0.832. The van der Waals surface area contributed by atoms with Gasteiger partial charge < -0.3 is 10.6 Å². The zero-order chi connectivity index (χ0) is 15.1. The summed E-state index contributed by atoms with van der Waals surface area (Å²) in [6.07, 6.45) is 1.46. The highest BCUT2D eigenvalue weighted by Gasteiger charge is 2.24. The molecule has 1 fully saturated rings. The largest absolute Gasteiger partial charge is 0.329 e. The van der Waals surface area contributed by atoms with E-state index in [1.54, 1.807) is 4.31 Å². The van der Waals surface area contributed by atoms with Crippen LogP contribution in [0.3, 0.4) is 0 Å². The van der Waals surface area contributed by atoms with Crippen molar-refractivity contribution in [2.75, 3.05) is 45.0 Å². The van der Waals surface area contributed by atoms with Gasteiger partial charge in [0.15, 0.2) is 0 Å². The first-order valence-corrected chi connectivity index (χ1v) is 9.17. The zero-order valence-electron chi connectivity index (χ0n) is 12.4. The van der Waals surface area contributed by atoms with Gasteiger partial charge in [0.25, 0.3) is 0 Å². The maximum Gasteiger partial charge on any atom is 0.214 e. The molecule has 0 aromatic heterocycles. The van der Waals surface area contributed by atoms with Crippen LogP contribution in [-0.4, -0.2) is 62.6 Å². The summed E-state index contributed by atoms with van der Waals surface area (Å²) in [5.41, 5.74) is 6.64. The van der Waals surface area contributed by atoms with E-state index < -0.39 is 10.0 Å². The van der Waals surface area contributed by atoms with Crippen molar-refractivity contribution in [3.63, 3.8) is 0 Å². The topological polar surface area (TPSA) is 66.6 Å². The van der Waals surface area contributed by atoms with Crippen molar-refractivity contribution in [1.29, 1.82) is 0 Å². The molecule has 1 aliphatic rings. The first kappa shape index (κ1) is 16.4. The van der Waals surface area contributed by atoms with E-state index in [2.05, 4.69) is 4.90 Å². The molecule has 1 saturated heterocycles. The second-order valence-corrected chi connectivity index (χ2v) is 7.52. The smallest absolute Gasteiger partial charge is 0.214 e. The Morgan fingerprint density at radius 3 is 2.52 bits per heavy atom. The van der Waals surface area contributed by atoms with Gasteiger partial charge in [0.05, 0.1) is 5.75 Å². The highest BCUT2D eigenvalue weighted by Crippen LogP contribution is 2.11. The summed E-state index contributed by atoms with van der Waals surface area (Å²) < 4.78 is 26.6. The van der Waals surface area contributed by atoms with Crippen LogP contribution in [0.5, 0.6) is 0 Å². The maximum absolute atomic E-state index is 12.5. The fraction of sp³-hybridized carbons (Fsp3) is 0.600. The summed E-state index contributed by atoms with van der Waals surface area (Å²) in [4.78, 5) is 2.24. The van der Waals surface area contributed by atoms with Crippen molar-refractivity contribution in [1.82, 2.24) is 9.21 Å². The lowest BCUT2D eigenvalue weighted by Gasteiger charge is -2.21. The van der Waals surface area contributed by atoms with Crippen LogP contribution in [0.2, 0.25) is 0 Å². The third-order valence-corrected chi connectivity index (χ3v) is 5.75. The number of aryl methyl sites for hydroxylation is 1. The molecule has 0 bridgehead atoms. The van der Waals surface area contributed by atoms with Crippen LogP contribution >= 0.6 is 0 Å². The zero-order valence-corrected chi connectivity index (χ0v) is 13.3. The van der Waals surface area contributed by atoms with Gasteiger partial charge >= 0.3 is 0 Å². The van der Waals surface area contributed by atoms with Crippen molar-refractivity contribution < 1.29 is 8.42 Å². The molecule has 1 heterocycles. The van der Waals surface area contributed by atoms with Gasteiger partial charge in [0, 0.05) is 32.7 Å². The molecule has 0 radical (unpaired) electrons. The molecular formula is C15H25N3O2S. The van der Waals surface area contributed by atoms with E-state index in [1.165, 1.54) is 0 Å². The third kappa shape index (κ3) is 5.07. The molecule has 2 N–H and O–H groups in total. The van der Waals surface area contributed by atoms with E-state index in [9.17, 15) is 8.42 Å². The molecule has 0 saturated carbocycles. The standard InChI is InChI=1S/C15H25N3O2S/c16-8-11-17-9-4-10-18(13-12-17)21(19,20)14-7-15-5-2-1-3-6-15/h1-3,5-6H,4,7-14,16H2. The van der Waals surface area contributed by atoms with Crippen LogP contribution in [0.1, 0.15) is 12.0 Å². The molecular weight excluding hydrogens is 286 g/mol. The van der Waals surface area contributed by atoms with Crippen molar-refractivity contribution in [3.05, 3.63) is 35.9 Å². The lowest BCUT2D eigenvalue weighted by atomic mass is 10.2. The lowest BCUT2D eigenvalue weighted by Crippen LogP contribution is -2.38. The fourth-order valence-electron chi connectivity index (χ4n) is 2.65. The van der Waals surface area contributed by atoms with Gasteiger partial charge in [-0.05, 0) is 24.9 Å². The van der Waals surface area contributed by atoms with Gasteiger partial charge in [0.2, 0.25) is 10.0 Å². The minimum atomic E-state index is -3.17. The van der Waals surface area contributed by atoms with Crippen molar-refractivity contribution >= 4 is 10.0 Å². The number of benzene rings is 1. The molecule has 1 aromatic rings. The summed E-state index contributed by atoms with van der Waals surface area (Å²) in [5.74, 6) is 0.188. The number of rotatable bonds is 6. The second-order valence-electron chi connectivity index (χ2n) is 5.43. The predicted molar refractivity (Wildman–Crippen MR) is 85.6 cm³/mol. The molecule has 21 heavy (non-hydrogen) atoms. The normalized spacial score (nSPS) is 18.5. The maximum atomic E-state index is 12.5. The molecule has 2 rings (SSSR count). The predicted octanol–water partition coefficient (Wildman–Crippen LogP) is 0.525. The molecule has 0 atom stereocenters. The Balaban J connectivity index is 1.90. The first-order chi connectivity index (χ1) is 10.1. The minimum absolute atomic E-state index is 0.188. The molecule has 0 amide bonds. The van der Waals surface area contributed by atoms with Gasteiger partial charge in [-0.15, -0.1) is 0 Å². The van der Waals surface area contributed by atoms with E-state index in [1.807, 2.05) is 30.3 Å². The Hall–Kier alpha value is -0.950. The average molecular weight is 311 g/mol. The molecule has 0 unspecified atom stereocenters. The number of nitrogens with zero attached hydrogens (tertiary/aromatic N) is 2. The van der Waals surface area contributed by atoms with E-state index >= 15 is 0 Å². The third-order valence-electron chi connectivity index (χ3n) is 3.88. The Bertz CT molecular complexity index is 519. The van der Waals surface area contributed by atoms with E-state index in [4.69, 9.17) is 5.73 Å². The molecule has 1 aliphatic heterocycles. The average Bonchev–Trinajstić information content (AvgIpc) is 2.73. The summed E-state index contributed by atoms with van der Waals surface area (Å²) in [6, 6.07) is 9.78. The van der Waals surface area contributed by atoms with E-state index in [0.717, 1.165) is 31.6 Å². The van der Waals surface area contributed by atoms with E-state index in [-0.39, 0.29) is 5.75 Å². The van der Waals surface area contributed by atoms with Crippen LogP contribution < -0.4 is 5.73 Å². The van der Waals surface area contributed by atoms with Gasteiger partial charge in [-0.25, -0.2) is 12.7 Å². The van der Waals surface area contributed by atoms with Crippen molar-refractivity contribution in [2.24, 2.45) is 5.73 Å².